The van der Waals surface area contributed by atoms with E-state index in [2.05, 4.69) is 16.0 Å². The fourth-order valence-corrected chi connectivity index (χ4v) is 0.855. The summed E-state index contributed by atoms with van der Waals surface area (Å²) in [5.41, 5.74) is 0. The van der Waals surface area contributed by atoms with E-state index in [1.54, 1.807) is 0 Å². The molecule has 0 aromatic heterocycles. The van der Waals surface area contributed by atoms with Gasteiger partial charge < -0.3 is 28.5 Å². The third-order valence-corrected chi connectivity index (χ3v) is 1.37. The van der Waals surface area contributed by atoms with Gasteiger partial charge in [-0.3, -0.25) is 0 Å². The van der Waals surface area contributed by atoms with Gasteiger partial charge in [-0.2, -0.15) is 0 Å². The van der Waals surface area contributed by atoms with Crippen molar-refractivity contribution in [3.8, 4) is 0 Å². The molecule has 94 valence electrons. The summed E-state index contributed by atoms with van der Waals surface area (Å²) < 4.78 is 0. The van der Waals surface area contributed by atoms with Gasteiger partial charge in [-0.05, 0) is 13.1 Å². The summed E-state index contributed by atoms with van der Waals surface area (Å²) in [7, 11) is 1.00. The standard InChI is InChI=1S/C6H14N3.CH4O.CH3.2ClH.Ti/c1-2-8-5-6-9-4-3-7-1;1-2;;;;/h7-8H,1-6H2;2H,1H3;1H3;2*1H;/q-1;;-1;;;+2. The molecule has 0 aliphatic carbocycles. The van der Waals surface area contributed by atoms with Crippen LogP contribution in [-0.2, 0) is 21.7 Å². The minimum atomic E-state index is 0. The second kappa shape index (κ2) is 29.4. The number of halogens is 2. The number of rotatable bonds is 0. The van der Waals surface area contributed by atoms with Gasteiger partial charge in [-0.25, -0.2) is 0 Å². The first-order chi connectivity index (χ1) is 5.50. The number of nitrogens with one attached hydrogen (secondary N) is 2. The first-order valence-electron chi connectivity index (χ1n) is 3.99. The predicted octanol–water partition coefficient (Wildman–Crippen LogP) is 0.453. The number of hydrogen-bond donors (Lipinski definition) is 3. The summed E-state index contributed by atoms with van der Waals surface area (Å²) in [5, 5.41) is 17.8. The molecule has 1 aliphatic rings. The zero-order valence-electron chi connectivity index (χ0n) is 9.45. The molecule has 0 aromatic carbocycles. The summed E-state index contributed by atoms with van der Waals surface area (Å²) in [6, 6.07) is 0. The number of nitrogens with zero attached hydrogens (tertiary/aromatic N) is 1. The van der Waals surface area contributed by atoms with Crippen molar-refractivity contribution >= 4 is 24.8 Å². The Morgan fingerprint density at radius 2 is 1.20 bits per heavy atom. The Morgan fingerprint density at radius 3 is 1.53 bits per heavy atom. The van der Waals surface area contributed by atoms with Crippen molar-refractivity contribution in [1.82, 2.24) is 10.6 Å². The van der Waals surface area contributed by atoms with Crippen LogP contribution in [0.2, 0.25) is 0 Å². The fraction of sp³-hybridized carbons (Fsp3) is 0.875. The van der Waals surface area contributed by atoms with E-state index in [9.17, 15) is 0 Å². The average Bonchev–Trinajstić information content (AvgIpc) is 2.22. The third-order valence-electron chi connectivity index (χ3n) is 1.37. The minimum absolute atomic E-state index is 0. The molecule has 15 heavy (non-hydrogen) atoms. The van der Waals surface area contributed by atoms with Crippen LogP contribution in [-0.4, -0.2) is 51.5 Å². The molecule has 7 heteroatoms. The second-order valence-electron chi connectivity index (χ2n) is 2.17. The summed E-state index contributed by atoms with van der Waals surface area (Å²) in [6.45, 7) is 6.19. The molecular weight excluding hydrogens is 273 g/mol. The van der Waals surface area contributed by atoms with E-state index in [0.29, 0.717) is 0 Å². The molecule has 1 saturated heterocycles. The van der Waals surface area contributed by atoms with E-state index in [1.807, 2.05) is 0 Å². The van der Waals surface area contributed by atoms with Gasteiger partial charge in [-0.1, -0.05) is 0 Å². The van der Waals surface area contributed by atoms with Gasteiger partial charge in [0.2, 0.25) is 0 Å². The van der Waals surface area contributed by atoms with Gasteiger partial charge in [0.25, 0.3) is 0 Å². The van der Waals surface area contributed by atoms with Crippen LogP contribution in [0, 0.1) is 7.43 Å². The first-order valence-corrected chi connectivity index (χ1v) is 3.99. The van der Waals surface area contributed by atoms with Crippen molar-refractivity contribution in [2.45, 2.75) is 0 Å². The van der Waals surface area contributed by atoms with Crippen LogP contribution in [0.25, 0.3) is 5.32 Å². The Kier molecular flexibility index (Phi) is 58.5. The molecule has 0 aromatic rings. The van der Waals surface area contributed by atoms with Crippen LogP contribution in [0.5, 0.6) is 0 Å². The van der Waals surface area contributed by atoms with Gasteiger partial charge in [-0.15, -0.1) is 37.9 Å². The molecule has 3 N–H and O–H groups in total. The van der Waals surface area contributed by atoms with Crippen LogP contribution in [0.15, 0.2) is 0 Å². The van der Waals surface area contributed by atoms with E-state index in [4.69, 9.17) is 5.11 Å². The smallest absolute Gasteiger partial charge is 0.660 e. The molecule has 0 bridgehead atoms. The normalized spacial score (nSPS) is 14.8. The van der Waals surface area contributed by atoms with E-state index < -0.39 is 0 Å². The summed E-state index contributed by atoms with van der Waals surface area (Å²) in [5.74, 6) is 0. The van der Waals surface area contributed by atoms with Gasteiger partial charge in [0.05, 0.1) is 0 Å². The van der Waals surface area contributed by atoms with Crippen LogP contribution < -0.4 is 10.6 Å². The molecule has 0 radical (unpaired) electrons. The first kappa shape index (κ1) is 29.8. The Balaban J connectivity index is -0.0000000526. The van der Waals surface area contributed by atoms with Crippen molar-refractivity contribution < 1.29 is 26.8 Å². The van der Waals surface area contributed by atoms with Crippen LogP contribution >= 0.6 is 24.8 Å². The van der Waals surface area contributed by atoms with E-state index in [-0.39, 0.29) is 54.0 Å². The van der Waals surface area contributed by atoms with E-state index in [0.717, 1.165) is 46.4 Å². The maximum absolute atomic E-state index is 7.00. The average molecular weight is 296 g/mol. The molecule has 4 nitrogen and oxygen atoms in total. The molecule has 1 rings (SSSR count). The fourth-order valence-electron chi connectivity index (χ4n) is 0.855. The Bertz CT molecular complexity index is 56.4. The van der Waals surface area contributed by atoms with Crippen molar-refractivity contribution in [2.75, 3.05) is 46.4 Å². The van der Waals surface area contributed by atoms with E-state index >= 15 is 0 Å². The van der Waals surface area contributed by atoms with Crippen LogP contribution in [0.4, 0.5) is 0 Å². The van der Waals surface area contributed by atoms with E-state index in [1.165, 1.54) is 0 Å². The monoisotopic (exact) mass is 295 g/mol. The molecule has 0 amide bonds. The molecule has 0 saturated carbocycles. The molecule has 1 fully saturated rings. The second-order valence-corrected chi connectivity index (χ2v) is 2.17. The van der Waals surface area contributed by atoms with Gasteiger partial charge in [0, 0.05) is 20.2 Å². The van der Waals surface area contributed by atoms with Crippen molar-refractivity contribution in [3.63, 3.8) is 0 Å². The largest absolute Gasteiger partial charge is 2.00 e. The minimum Gasteiger partial charge on any atom is -0.660 e. The summed E-state index contributed by atoms with van der Waals surface area (Å²) in [4.78, 5) is 0. The molecular formula is C8H23Cl2N3OTi. The molecule has 1 heterocycles. The number of aliphatic hydroxyl groups excluding tert-OH is 1. The van der Waals surface area contributed by atoms with Gasteiger partial charge in [0.15, 0.2) is 0 Å². The molecule has 1 aliphatic heterocycles. The summed E-state index contributed by atoms with van der Waals surface area (Å²) >= 11 is 0. The van der Waals surface area contributed by atoms with Crippen molar-refractivity contribution in [2.24, 2.45) is 0 Å². The SMILES string of the molecule is C1CNCCNCC[N-]1.CO.Cl.Cl.[CH3-].[Ti+2]. The molecule has 0 spiro atoms. The van der Waals surface area contributed by atoms with Crippen LogP contribution in [0.3, 0.4) is 0 Å². The van der Waals surface area contributed by atoms with Crippen molar-refractivity contribution in [1.29, 1.82) is 0 Å². The quantitative estimate of drug-likeness (QED) is 0.449. The Hall–Kier alpha value is 1.13. The Morgan fingerprint density at radius 1 is 0.867 bits per heavy atom. The topological polar surface area (TPSA) is 58.4 Å². The number of aliphatic hydroxyl groups is 1. The van der Waals surface area contributed by atoms with Crippen LogP contribution in [0.1, 0.15) is 0 Å². The van der Waals surface area contributed by atoms with Gasteiger partial charge >= 0.3 is 21.7 Å². The van der Waals surface area contributed by atoms with Gasteiger partial charge in [0.1, 0.15) is 0 Å². The predicted molar refractivity (Wildman–Crippen MR) is 67.9 cm³/mol. The molecule has 0 unspecified atom stereocenters. The zero-order chi connectivity index (χ0) is 8.36. The zero-order valence-corrected chi connectivity index (χ0v) is 12.6. The van der Waals surface area contributed by atoms with Crippen molar-refractivity contribution in [3.05, 3.63) is 12.7 Å². The third kappa shape index (κ3) is 25.4. The molecule has 0 atom stereocenters. The Labute approximate surface area is 121 Å². The number of hydrogen-bond acceptors (Lipinski definition) is 3. The maximum Gasteiger partial charge on any atom is 2.00 e. The summed E-state index contributed by atoms with van der Waals surface area (Å²) in [6.07, 6.45) is 0. The maximum atomic E-state index is 7.00.